The number of rotatable bonds is 8. The first kappa shape index (κ1) is 25.3. The molecule has 0 unspecified atom stereocenters. The van der Waals surface area contributed by atoms with Crippen LogP contribution in [0.15, 0.2) is 47.3 Å². The van der Waals surface area contributed by atoms with Crippen LogP contribution < -0.4 is 26.3 Å². The van der Waals surface area contributed by atoms with Crippen molar-refractivity contribution in [2.45, 2.75) is 50.7 Å². The van der Waals surface area contributed by atoms with E-state index in [1.54, 1.807) is 18.2 Å². The Kier molecular flexibility index (Phi) is 7.97. The summed E-state index contributed by atoms with van der Waals surface area (Å²) in [5.41, 5.74) is 1.19. The van der Waals surface area contributed by atoms with Crippen LogP contribution in [0, 0.1) is 5.82 Å². The van der Waals surface area contributed by atoms with E-state index in [9.17, 15) is 27.6 Å². The molecule has 0 aromatic heterocycles. The fourth-order valence-electron chi connectivity index (χ4n) is 4.29. The largest absolute Gasteiger partial charge is 0.442 e. The average Bonchev–Trinajstić information content (AvgIpc) is 3.15. The second-order valence-corrected chi connectivity index (χ2v) is 8.83. The van der Waals surface area contributed by atoms with Crippen molar-refractivity contribution in [2.24, 2.45) is 0 Å². The molecular formula is C25H27F3N4O4. The van der Waals surface area contributed by atoms with Crippen LogP contribution in [-0.4, -0.2) is 43.7 Å². The lowest BCUT2D eigenvalue weighted by Gasteiger charge is -2.23. The molecule has 2 aromatic rings. The predicted molar refractivity (Wildman–Crippen MR) is 130 cm³/mol. The first-order chi connectivity index (χ1) is 17.3. The van der Waals surface area contributed by atoms with E-state index >= 15 is 0 Å². The molecule has 1 heterocycles. The summed E-state index contributed by atoms with van der Waals surface area (Å²) in [7, 11) is 0. The van der Waals surface area contributed by atoms with Gasteiger partial charge in [-0.25, -0.2) is 9.18 Å². The lowest BCUT2D eigenvalue weighted by Crippen LogP contribution is -2.37. The summed E-state index contributed by atoms with van der Waals surface area (Å²) in [4.78, 5) is 36.8. The maximum absolute atomic E-state index is 14.9. The van der Waals surface area contributed by atoms with Gasteiger partial charge in [0.05, 0.1) is 30.2 Å². The van der Waals surface area contributed by atoms with Crippen molar-refractivity contribution in [1.29, 1.82) is 0 Å². The Morgan fingerprint density at radius 1 is 1.03 bits per heavy atom. The summed E-state index contributed by atoms with van der Waals surface area (Å²) >= 11 is 0. The normalized spacial score (nSPS) is 18.2. The summed E-state index contributed by atoms with van der Waals surface area (Å²) < 4.78 is 44.6. The van der Waals surface area contributed by atoms with E-state index in [1.807, 2.05) is 5.32 Å². The molecule has 1 atom stereocenters. The van der Waals surface area contributed by atoms with Gasteiger partial charge < -0.3 is 20.7 Å². The van der Waals surface area contributed by atoms with Gasteiger partial charge in [0.15, 0.2) is 0 Å². The molecule has 0 spiro atoms. The van der Waals surface area contributed by atoms with Crippen LogP contribution in [0.2, 0.25) is 0 Å². The van der Waals surface area contributed by atoms with Crippen molar-refractivity contribution in [1.82, 2.24) is 5.32 Å². The Morgan fingerprint density at radius 2 is 1.75 bits per heavy atom. The summed E-state index contributed by atoms with van der Waals surface area (Å²) in [6.45, 7) is -0.315. The van der Waals surface area contributed by atoms with Gasteiger partial charge in [-0.2, -0.15) is 8.78 Å². The first-order valence-electron chi connectivity index (χ1n) is 11.8. The number of halogens is 3. The minimum atomic E-state index is -3.17. The smallest absolute Gasteiger partial charge is 0.414 e. The molecule has 2 amide bonds. The quantitative estimate of drug-likeness (QED) is 0.494. The maximum atomic E-state index is 14.9. The number of benzene rings is 1. The molecule has 11 heteroatoms. The molecule has 3 N–H and O–H groups in total. The third kappa shape index (κ3) is 6.27. The van der Waals surface area contributed by atoms with Gasteiger partial charge in [0.1, 0.15) is 11.9 Å². The van der Waals surface area contributed by atoms with Crippen molar-refractivity contribution >= 4 is 34.7 Å². The summed E-state index contributed by atoms with van der Waals surface area (Å²) in [5.74, 6) is -2.11. The van der Waals surface area contributed by atoms with Crippen LogP contribution in [0.3, 0.4) is 0 Å². The lowest BCUT2D eigenvalue weighted by atomic mass is 9.95. The van der Waals surface area contributed by atoms with Crippen molar-refractivity contribution in [3.8, 4) is 0 Å². The minimum absolute atomic E-state index is 0.0356. The Balaban J connectivity index is 1.40. The predicted octanol–water partition coefficient (Wildman–Crippen LogP) is 4.38. The van der Waals surface area contributed by atoms with E-state index in [1.165, 1.54) is 24.6 Å². The van der Waals surface area contributed by atoms with E-state index in [0.29, 0.717) is 11.4 Å². The molecule has 1 aliphatic carbocycles. The van der Waals surface area contributed by atoms with Crippen molar-refractivity contribution < 1.29 is 27.5 Å². The van der Waals surface area contributed by atoms with Crippen molar-refractivity contribution in [3.05, 3.63) is 58.5 Å². The van der Waals surface area contributed by atoms with Crippen LogP contribution in [0.1, 0.15) is 32.1 Å². The van der Waals surface area contributed by atoms with Crippen LogP contribution in [0.5, 0.6) is 0 Å². The van der Waals surface area contributed by atoms with Gasteiger partial charge in [-0.3, -0.25) is 14.5 Å². The second kappa shape index (κ2) is 11.3. The number of cyclic esters (lactones) is 1. The Hall–Kier alpha value is -3.76. The number of hydrogen-bond acceptors (Lipinski definition) is 6. The SMILES string of the molecule is O=C(NC[C@H]1CN(c2ccc(Nc3ccc(NC4CCCCC4)c(=O)cc3)c(F)c2)C(=O)O1)C(F)F. The first-order valence-corrected chi connectivity index (χ1v) is 11.8. The highest BCUT2D eigenvalue weighted by molar-refractivity contribution is 5.90. The lowest BCUT2D eigenvalue weighted by molar-refractivity contribution is -0.132. The number of carbonyl (C=O) groups excluding carboxylic acids is 2. The van der Waals surface area contributed by atoms with Gasteiger partial charge in [0.2, 0.25) is 5.43 Å². The zero-order valence-electron chi connectivity index (χ0n) is 19.4. The molecule has 2 fully saturated rings. The molecule has 0 radical (unpaired) electrons. The van der Waals surface area contributed by atoms with Gasteiger partial charge in [0, 0.05) is 11.7 Å². The summed E-state index contributed by atoms with van der Waals surface area (Å²) in [6, 6.07) is 10.7. The van der Waals surface area contributed by atoms with E-state index in [2.05, 4.69) is 10.6 Å². The van der Waals surface area contributed by atoms with Crippen LogP contribution in [0.25, 0.3) is 0 Å². The van der Waals surface area contributed by atoms with Crippen molar-refractivity contribution in [3.63, 3.8) is 0 Å². The highest BCUT2D eigenvalue weighted by atomic mass is 19.3. The molecule has 2 aromatic carbocycles. The molecule has 8 nitrogen and oxygen atoms in total. The van der Waals surface area contributed by atoms with Gasteiger partial charge in [-0.05, 0) is 55.3 Å². The number of alkyl halides is 2. The average molecular weight is 505 g/mol. The number of carbonyl (C=O) groups is 2. The maximum Gasteiger partial charge on any atom is 0.414 e. The molecule has 4 rings (SSSR count). The van der Waals surface area contributed by atoms with Crippen LogP contribution >= 0.6 is 0 Å². The molecule has 36 heavy (non-hydrogen) atoms. The zero-order chi connectivity index (χ0) is 25.7. The summed E-state index contributed by atoms with van der Waals surface area (Å²) in [6.07, 6.45) is 0.746. The second-order valence-electron chi connectivity index (χ2n) is 8.83. The van der Waals surface area contributed by atoms with Gasteiger partial charge >= 0.3 is 12.5 Å². The van der Waals surface area contributed by atoms with E-state index in [0.717, 1.165) is 36.6 Å². The van der Waals surface area contributed by atoms with E-state index < -0.39 is 30.3 Å². The van der Waals surface area contributed by atoms with Gasteiger partial charge in [0.25, 0.3) is 5.91 Å². The molecule has 2 aliphatic rings. The highest BCUT2D eigenvalue weighted by Gasteiger charge is 2.33. The van der Waals surface area contributed by atoms with Crippen LogP contribution in [0.4, 0.5) is 40.7 Å². The van der Waals surface area contributed by atoms with E-state index in [-0.39, 0.29) is 35.9 Å². The molecular weight excluding hydrogens is 477 g/mol. The van der Waals surface area contributed by atoms with E-state index in [4.69, 9.17) is 4.74 Å². The van der Waals surface area contributed by atoms with Crippen molar-refractivity contribution in [2.75, 3.05) is 28.6 Å². The number of anilines is 4. The third-order valence-corrected chi connectivity index (χ3v) is 6.19. The Labute approximate surface area is 205 Å². The number of nitrogens with one attached hydrogen (secondary N) is 3. The zero-order valence-corrected chi connectivity index (χ0v) is 19.4. The number of hydrogen-bond donors (Lipinski definition) is 3. The standard InChI is InChI=1S/C25H27F3N4O4/c26-19-12-17(32-14-18(36-25(32)35)13-29-24(34)23(27)28)8-10-20(19)30-16-6-9-21(22(33)11-7-16)31-15-4-2-1-3-5-15/h6-12,15,18,23,30H,1-5,13-14H2,(H,29,34)(H,31,33)/t18-/m0/s1. The van der Waals surface area contributed by atoms with Gasteiger partial charge in [-0.1, -0.05) is 19.3 Å². The third-order valence-electron chi connectivity index (χ3n) is 6.19. The molecule has 1 saturated carbocycles. The topological polar surface area (TPSA) is 99.8 Å². The molecule has 1 saturated heterocycles. The monoisotopic (exact) mass is 504 g/mol. The summed E-state index contributed by atoms with van der Waals surface area (Å²) in [5, 5.41) is 8.25. The fraction of sp³-hybridized carbons (Fsp3) is 0.400. The van der Waals surface area contributed by atoms with Gasteiger partial charge in [-0.15, -0.1) is 0 Å². The number of nitrogens with zero attached hydrogens (tertiary/aromatic N) is 1. The Morgan fingerprint density at radius 3 is 2.47 bits per heavy atom. The molecule has 0 bridgehead atoms. The minimum Gasteiger partial charge on any atom is -0.442 e. The number of ether oxygens (including phenoxy) is 1. The number of amides is 2. The fourth-order valence-corrected chi connectivity index (χ4v) is 4.29. The molecule has 192 valence electrons. The molecule has 1 aliphatic heterocycles. The highest BCUT2D eigenvalue weighted by Crippen LogP contribution is 2.28. The van der Waals surface area contributed by atoms with Crippen LogP contribution in [-0.2, 0) is 9.53 Å². The Bertz CT molecular complexity index is 1170.